The lowest BCUT2D eigenvalue weighted by Gasteiger charge is -2.39. The molecule has 0 bridgehead atoms. The summed E-state index contributed by atoms with van der Waals surface area (Å²) in [6.07, 6.45) is 0. The van der Waals surface area contributed by atoms with Gasteiger partial charge in [-0.05, 0) is 143 Å². The van der Waals surface area contributed by atoms with Gasteiger partial charge in [0.05, 0.1) is 33.2 Å². The molecule has 0 fully saturated rings. The molecule has 0 amide bonds. The monoisotopic (exact) mass is 962 g/mol. The Morgan fingerprint density at radius 2 is 0.724 bits per heavy atom. The first-order chi connectivity index (χ1) is 37.7. The van der Waals surface area contributed by atoms with Crippen LogP contribution < -0.4 is 4.90 Å². The second kappa shape index (κ2) is 15.4. The number of hydrogen-bond donors (Lipinski definition) is 0. The molecule has 4 aliphatic rings. The molecular weight excluding hydrogens is 917 g/mol. The fourth-order valence-corrected chi connectivity index (χ4v) is 14.7. The highest BCUT2D eigenvalue weighted by molar-refractivity contribution is 6.13. The van der Waals surface area contributed by atoms with Crippen molar-refractivity contribution in [2.75, 3.05) is 4.90 Å². The lowest BCUT2D eigenvalue weighted by atomic mass is 9.65. The highest BCUT2D eigenvalue weighted by Gasteiger charge is 2.53. The van der Waals surface area contributed by atoms with Crippen LogP contribution in [0, 0.1) is 0 Å². The van der Waals surface area contributed by atoms with Crippen LogP contribution in [0.4, 0.5) is 17.1 Å². The summed E-state index contributed by atoms with van der Waals surface area (Å²) in [6, 6.07) is 105. The van der Waals surface area contributed by atoms with Crippen molar-refractivity contribution >= 4 is 38.9 Å². The third kappa shape index (κ3) is 5.25. The van der Waals surface area contributed by atoms with Crippen molar-refractivity contribution in [3.63, 3.8) is 0 Å². The van der Waals surface area contributed by atoms with Gasteiger partial charge >= 0.3 is 0 Å². The van der Waals surface area contributed by atoms with Crippen LogP contribution >= 0.6 is 0 Å². The van der Waals surface area contributed by atoms with E-state index in [9.17, 15) is 0 Å². The fourth-order valence-electron chi connectivity index (χ4n) is 14.7. The second-order valence-corrected chi connectivity index (χ2v) is 21.0. The Morgan fingerprint density at radius 1 is 0.263 bits per heavy atom. The van der Waals surface area contributed by atoms with Gasteiger partial charge in [0, 0.05) is 27.7 Å². The SMILES string of the molecule is c1ccc(-c2ccccc2N(c2cccc(-c3ccc4c(c3)C3(c5ccccc5-4)c4ccccc4-n4c5ccccc5c5cccc3c54)c2)c2ccc3c(c2)C2(c4ccccc4-c4ccccc42)c2ccccc2-3)cc1. The van der Waals surface area contributed by atoms with E-state index in [0.717, 1.165) is 22.6 Å². The van der Waals surface area contributed by atoms with E-state index in [0.29, 0.717) is 0 Å². The van der Waals surface area contributed by atoms with Gasteiger partial charge in [0.15, 0.2) is 0 Å². The summed E-state index contributed by atoms with van der Waals surface area (Å²) in [5, 5.41) is 2.57. The van der Waals surface area contributed by atoms with Crippen LogP contribution in [0.3, 0.4) is 0 Å². The topological polar surface area (TPSA) is 8.17 Å². The van der Waals surface area contributed by atoms with Crippen LogP contribution in [0.15, 0.2) is 279 Å². The first kappa shape index (κ1) is 41.7. The van der Waals surface area contributed by atoms with Gasteiger partial charge in [0.2, 0.25) is 0 Å². The highest BCUT2D eigenvalue weighted by Crippen LogP contribution is 2.64. The zero-order valence-electron chi connectivity index (χ0n) is 41.5. The van der Waals surface area contributed by atoms with Gasteiger partial charge in [0.1, 0.15) is 0 Å². The Hall–Kier alpha value is -9.76. The zero-order chi connectivity index (χ0) is 49.7. The minimum absolute atomic E-state index is 0.476. The maximum atomic E-state index is 2.53. The van der Waals surface area contributed by atoms with E-state index in [1.165, 1.54) is 122 Å². The number of nitrogens with zero attached hydrogens (tertiary/aromatic N) is 2. The van der Waals surface area contributed by atoms with Crippen LogP contribution in [0.5, 0.6) is 0 Å². The number of para-hydroxylation sites is 4. The van der Waals surface area contributed by atoms with Gasteiger partial charge in [-0.25, -0.2) is 0 Å². The van der Waals surface area contributed by atoms with E-state index in [2.05, 4.69) is 289 Å². The molecule has 3 aliphatic carbocycles. The predicted molar refractivity (Wildman–Crippen MR) is 313 cm³/mol. The summed E-state index contributed by atoms with van der Waals surface area (Å²) in [5.41, 5.74) is 29.1. The average Bonchev–Trinajstić information content (AvgIpc) is 3.77. The molecule has 17 rings (SSSR count). The van der Waals surface area contributed by atoms with Crippen molar-refractivity contribution < 1.29 is 0 Å². The van der Waals surface area contributed by atoms with Gasteiger partial charge in [-0.2, -0.15) is 0 Å². The Morgan fingerprint density at radius 3 is 1.42 bits per heavy atom. The maximum absolute atomic E-state index is 2.53. The van der Waals surface area contributed by atoms with Crippen LogP contribution in [0.25, 0.3) is 83.1 Å². The summed E-state index contributed by atoms with van der Waals surface area (Å²) < 4.78 is 2.53. The normalized spacial score (nSPS) is 15.3. The smallest absolute Gasteiger partial charge is 0.0754 e. The lowest BCUT2D eigenvalue weighted by molar-refractivity contribution is 0.749. The molecule has 13 aromatic rings. The number of fused-ring (bicyclic) bond motifs is 22. The van der Waals surface area contributed by atoms with Gasteiger partial charge in [-0.1, -0.05) is 231 Å². The van der Waals surface area contributed by atoms with Gasteiger partial charge in [0.25, 0.3) is 0 Å². The Labute approximate surface area is 441 Å². The van der Waals surface area contributed by atoms with Crippen molar-refractivity contribution in [3.8, 4) is 61.3 Å². The van der Waals surface area contributed by atoms with Crippen LogP contribution in [0.2, 0.25) is 0 Å². The standard InChI is InChI=1S/C74H46N2/c1-2-20-47(21-3-1)52-24-8-15-37-69(52)75(51-41-43-58-56-28-6-12-33-63(56)73(68(58)46-51)61-31-10-4-25-53(61)54-26-5-11-32-62(54)73)50-23-18-22-48(44-50)49-40-42-57-55-27-7-13-34-64(55)74(67(57)45-49)65-35-14-17-39-71(65)76-70-38-16-9-29-59(70)60-30-19-36-66(74)72(60)76/h1-46H. The largest absolute Gasteiger partial charge is 0.310 e. The molecule has 1 aromatic heterocycles. The molecule has 1 aliphatic heterocycles. The highest BCUT2D eigenvalue weighted by atomic mass is 15.1. The summed E-state index contributed by atoms with van der Waals surface area (Å²) in [7, 11) is 0. The molecule has 2 spiro atoms. The Kier molecular flexibility index (Phi) is 8.44. The van der Waals surface area contributed by atoms with E-state index >= 15 is 0 Å². The molecule has 2 heterocycles. The van der Waals surface area contributed by atoms with Crippen LogP contribution in [0.1, 0.15) is 44.5 Å². The third-order valence-corrected chi connectivity index (χ3v) is 17.6. The molecular formula is C74H46N2. The number of anilines is 3. The average molecular weight is 963 g/mol. The summed E-state index contributed by atoms with van der Waals surface area (Å²) in [4.78, 5) is 2.51. The molecule has 1 atom stereocenters. The maximum Gasteiger partial charge on any atom is 0.0754 e. The van der Waals surface area contributed by atoms with Crippen molar-refractivity contribution in [2.45, 2.75) is 10.8 Å². The van der Waals surface area contributed by atoms with Gasteiger partial charge in [-0.15, -0.1) is 0 Å². The van der Waals surface area contributed by atoms with E-state index in [4.69, 9.17) is 0 Å². The van der Waals surface area contributed by atoms with E-state index < -0.39 is 10.8 Å². The van der Waals surface area contributed by atoms with Gasteiger partial charge < -0.3 is 9.47 Å². The second-order valence-electron chi connectivity index (χ2n) is 21.0. The number of aromatic nitrogens is 1. The molecule has 2 nitrogen and oxygen atoms in total. The van der Waals surface area contributed by atoms with Crippen LogP contribution in [-0.2, 0) is 10.8 Å². The minimum atomic E-state index is -0.546. The summed E-state index contributed by atoms with van der Waals surface area (Å²) >= 11 is 0. The van der Waals surface area contributed by atoms with Gasteiger partial charge in [-0.3, -0.25) is 0 Å². The Balaban J connectivity index is 0.894. The van der Waals surface area contributed by atoms with E-state index in [1.54, 1.807) is 0 Å². The third-order valence-electron chi connectivity index (χ3n) is 17.6. The quantitative estimate of drug-likeness (QED) is 0.167. The molecule has 76 heavy (non-hydrogen) atoms. The number of rotatable bonds is 5. The summed E-state index contributed by atoms with van der Waals surface area (Å²) in [6.45, 7) is 0. The van der Waals surface area contributed by atoms with E-state index in [-0.39, 0.29) is 0 Å². The van der Waals surface area contributed by atoms with Crippen molar-refractivity contribution in [1.29, 1.82) is 0 Å². The van der Waals surface area contributed by atoms with Crippen LogP contribution in [-0.4, -0.2) is 4.57 Å². The minimum Gasteiger partial charge on any atom is -0.310 e. The summed E-state index contributed by atoms with van der Waals surface area (Å²) in [5.74, 6) is 0. The zero-order valence-corrected chi connectivity index (χ0v) is 41.5. The lowest BCUT2D eigenvalue weighted by Crippen LogP contribution is -2.33. The molecule has 0 N–H and O–H groups in total. The first-order valence-electron chi connectivity index (χ1n) is 26.6. The first-order valence-corrected chi connectivity index (χ1v) is 26.6. The predicted octanol–water partition coefficient (Wildman–Crippen LogP) is 18.6. The number of benzene rings is 12. The molecule has 2 heteroatoms. The molecule has 12 aromatic carbocycles. The molecule has 0 saturated carbocycles. The fraction of sp³-hybridized carbons (Fsp3) is 0.0270. The Bertz CT molecular complexity index is 4550. The van der Waals surface area contributed by atoms with E-state index in [1.807, 2.05) is 0 Å². The van der Waals surface area contributed by atoms with Crippen molar-refractivity contribution in [1.82, 2.24) is 4.57 Å². The number of hydrogen-bond acceptors (Lipinski definition) is 1. The molecule has 352 valence electrons. The van der Waals surface area contributed by atoms with Crippen molar-refractivity contribution in [3.05, 3.63) is 324 Å². The molecule has 0 saturated heterocycles. The van der Waals surface area contributed by atoms with Crippen molar-refractivity contribution in [2.24, 2.45) is 0 Å². The molecule has 0 radical (unpaired) electrons. The molecule has 1 unspecified atom stereocenters.